The van der Waals surface area contributed by atoms with Crippen molar-refractivity contribution in [2.24, 2.45) is 31.4 Å². The SMILES string of the molecule is NC1=NC2(S)N=C(N)N=C2C=N1. The van der Waals surface area contributed by atoms with E-state index in [1.165, 1.54) is 6.21 Å². The highest BCUT2D eigenvalue weighted by Gasteiger charge is 2.37. The Morgan fingerprint density at radius 1 is 1.25 bits per heavy atom. The highest BCUT2D eigenvalue weighted by atomic mass is 32.1. The molecular weight excluding hydrogens is 176 g/mol. The van der Waals surface area contributed by atoms with Crippen molar-refractivity contribution >= 4 is 36.5 Å². The molecule has 0 radical (unpaired) electrons. The lowest BCUT2D eigenvalue weighted by Gasteiger charge is -2.16. The van der Waals surface area contributed by atoms with Gasteiger partial charge in [0.25, 0.3) is 0 Å². The van der Waals surface area contributed by atoms with Crippen molar-refractivity contribution in [1.82, 2.24) is 0 Å². The van der Waals surface area contributed by atoms with Crippen LogP contribution in [0, 0.1) is 0 Å². The van der Waals surface area contributed by atoms with Crippen LogP contribution in [0.1, 0.15) is 0 Å². The maximum absolute atomic E-state index is 5.37. The Labute approximate surface area is 73.6 Å². The molecule has 0 fully saturated rings. The minimum atomic E-state index is -1.05. The van der Waals surface area contributed by atoms with Crippen LogP contribution in [0.3, 0.4) is 0 Å². The summed E-state index contributed by atoms with van der Waals surface area (Å²) in [5.41, 5.74) is 11.2. The Hall–Kier alpha value is -1.37. The van der Waals surface area contributed by atoms with E-state index in [2.05, 4.69) is 32.6 Å². The third kappa shape index (κ3) is 0.900. The Kier molecular flexibility index (Phi) is 1.26. The van der Waals surface area contributed by atoms with Crippen LogP contribution in [-0.2, 0) is 0 Å². The van der Waals surface area contributed by atoms with Gasteiger partial charge in [-0.1, -0.05) is 0 Å². The summed E-state index contributed by atoms with van der Waals surface area (Å²) in [6.45, 7) is 0. The molecular formula is C5H6N6S. The van der Waals surface area contributed by atoms with Crippen molar-refractivity contribution in [2.75, 3.05) is 0 Å². The van der Waals surface area contributed by atoms with E-state index >= 15 is 0 Å². The van der Waals surface area contributed by atoms with E-state index in [9.17, 15) is 0 Å². The van der Waals surface area contributed by atoms with E-state index in [0.717, 1.165) is 0 Å². The predicted octanol–water partition coefficient (Wildman–Crippen LogP) is -1.26. The maximum atomic E-state index is 5.37. The zero-order valence-corrected chi connectivity index (χ0v) is 6.86. The van der Waals surface area contributed by atoms with Crippen LogP contribution in [0.4, 0.5) is 0 Å². The van der Waals surface area contributed by atoms with E-state index < -0.39 is 4.99 Å². The van der Waals surface area contributed by atoms with E-state index in [4.69, 9.17) is 11.5 Å². The third-order valence-corrected chi connectivity index (χ3v) is 1.87. The molecule has 0 aromatic carbocycles. The quantitative estimate of drug-likeness (QED) is 0.407. The maximum Gasteiger partial charge on any atom is 0.246 e. The van der Waals surface area contributed by atoms with Gasteiger partial charge >= 0.3 is 0 Å². The minimum absolute atomic E-state index is 0.127. The molecule has 0 aromatic rings. The number of guanidine groups is 2. The van der Waals surface area contributed by atoms with Crippen molar-refractivity contribution in [3.8, 4) is 0 Å². The zero-order valence-electron chi connectivity index (χ0n) is 5.97. The van der Waals surface area contributed by atoms with Gasteiger partial charge in [-0.05, 0) is 0 Å². The van der Waals surface area contributed by atoms with Crippen LogP contribution in [0.15, 0.2) is 20.0 Å². The lowest BCUT2D eigenvalue weighted by Crippen LogP contribution is -2.33. The van der Waals surface area contributed by atoms with Gasteiger partial charge in [-0.25, -0.2) is 20.0 Å². The average molecular weight is 182 g/mol. The molecule has 2 heterocycles. The van der Waals surface area contributed by atoms with Crippen molar-refractivity contribution in [1.29, 1.82) is 0 Å². The fourth-order valence-corrected chi connectivity index (χ4v) is 1.27. The molecule has 0 bridgehead atoms. The predicted molar refractivity (Wildman–Crippen MR) is 50.9 cm³/mol. The van der Waals surface area contributed by atoms with E-state index in [1.54, 1.807) is 0 Å². The van der Waals surface area contributed by atoms with Gasteiger partial charge in [0, 0.05) is 0 Å². The molecule has 7 heteroatoms. The second-order valence-corrected chi connectivity index (χ2v) is 2.95. The van der Waals surface area contributed by atoms with Crippen LogP contribution < -0.4 is 11.5 Å². The first-order valence-electron chi connectivity index (χ1n) is 3.16. The first-order valence-corrected chi connectivity index (χ1v) is 3.61. The summed E-state index contributed by atoms with van der Waals surface area (Å²) in [5, 5.41) is 0. The molecule has 0 aliphatic carbocycles. The summed E-state index contributed by atoms with van der Waals surface area (Å²) in [6.07, 6.45) is 1.46. The minimum Gasteiger partial charge on any atom is -0.368 e. The summed E-state index contributed by atoms with van der Waals surface area (Å²) in [7, 11) is 0. The van der Waals surface area contributed by atoms with Gasteiger partial charge in [0.15, 0.2) is 0 Å². The Balaban J connectivity index is 2.52. The monoisotopic (exact) mass is 182 g/mol. The van der Waals surface area contributed by atoms with Crippen molar-refractivity contribution in [3.05, 3.63) is 0 Å². The molecule has 0 amide bonds. The van der Waals surface area contributed by atoms with E-state index in [0.29, 0.717) is 5.71 Å². The first kappa shape index (κ1) is 7.29. The molecule has 6 nitrogen and oxygen atoms in total. The zero-order chi connectivity index (χ0) is 8.77. The second kappa shape index (κ2) is 2.07. The van der Waals surface area contributed by atoms with Crippen molar-refractivity contribution in [2.45, 2.75) is 4.99 Å². The number of nitrogens with two attached hydrogens (primary N) is 2. The second-order valence-electron chi connectivity index (χ2n) is 2.33. The van der Waals surface area contributed by atoms with Gasteiger partial charge < -0.3 is 11.5 Å². The number of hydrogen-bond donors (Lipinski definition) is 3. The summed E-state index contributed by atoms with van der Waals surface area (Å²) in [6, 6.07) is 0. The highest BCUT2D eigenvalue weighted by Crippen LogP contribution is 2.26. The van der Waals surface area contributed by atoms with Crippen molar-refractivity contribution < 1.29 is 0 Å². The van der Waals surface area contributed by atoms with Crippen LogP contribution in [0.5, 0.6) is 0 Å². The van der Waals surface area contributed by atoms with E-state index in [1.807, 2.05) is 0 Å². The van der Waals surface area contributed by atoms with Gasteiger partial charge in [0.05, 0.1) is 6.21 Å². The van der Waals surface area contributed by atoms with Crippen LogP contribution in [0.2, 0.25) is 0 Å². The number of thiol groups is 1. The Morgan fingerprint density at radius 2 is 1.92 bits per heavy atom. The fraction of sp³-hybridized carbons (Fsp3) is 0.200. The topological polar surface area (TPSA) is 101 Å². The van der Waals surface area contributed by atoms with Gasteiger partial charge in [0.1, 0.15) is 5.71 Å². The van der Waals surface area contributed by atoms with Crippen LogP contribution in [0.25, 0.3) is 0 Å². The van der Waals surface area contributed by atoms with Gasteiger partial charge in [0.2, 0.25) is 16.9 Å². The fourth-order valence-electron chi connectivity index (χ4n) is 0.954. The number of nitrogens with zero attached hydrogens (tertiary/aromatic N) is 4. The van der Waals surface area contributed by atoms with Gasteiger partial charge in [-0.2, -0.15) is 0 Å². The standard InChI is InChI=1S/C5H6N6S/c6-3-8-1-2-5(12,10-3)11-4(7)9-2/h1,12H,(H2,6,10)(H2,7,11). The summed E-state index contributed by atoms with van der Waals surface area (Å²) in [5.74, 6) is 0.271. The normalized spacial score (nSPS) is 32.2. The molecule has 2 aliphatic rings. The largest absolute Gasteiger partial charge is 0.368 e. The van der Waals surface area contributed by atoms with E-state index in [-0.39, 0.29) is 11.9 Å². The van der Waals surface area contributed by atoms with Gasteiger partial charge in [-0.15, -0.1) is 12.6 Å². The highest BCUT2D eigenvalue weighted by molar-refractivity contribution is 7.83. The molecule has 1 atom stereocenters. The Morgan fingerprint density at radius 3 is 2.67 bits per heavy atom. The van der Waals surface area contributed by atoms with Crippen LogP contribution in [-0.4, -0.2) is 28.8 Å². The Bertz CT molecular complexity index is 353. The first-order chi connectivity index (χ1) is 5.60. The molecule has 12 heavy (non-hydrogen) atoms. The smallest absolute Gasteiger partial charge is 0.246 e. The third-order valence-electron chi connectivity index (χ3n) is 1.44. The lowest BCUT2D eigenvalue weighted by atomic mass is 10.3. The molecule has 62 valence electrons. The molecule has 0 spiro atoms. The van der Waals surface area contributed by atoms with Gasteiger partial charge in [-0.3, -0.25) is 0 Å². The number of fused-ring (bicyclic) bond motifs is 1. The van der Waals surface area contributed by atoms with Crippen LogP contribution >= 0.6 is 12.6 Å². The molecule has 0 aromatic heterocycles. The molecule has 0 saturated carbocycles. The molecule has 1 unspecified atom stereocenters. The summed E-state index contributed by atoms with van der Waals surface area (Å²) < 4.78 is 0. The molecule has 0 saturated heterocycles. The number of aliphatic imine (C=N–C) groups is 4. The summed E-state index contributed by atoms with van der Waals surface area (Å²) >= 11 is 4.17. The molecule has 2 rings (SSSR count). The number of hydrogen-bond acceptors (Lipinski definition) is 7. The lowest BCUT2D eigenvalue weighted by molar-refractivity contribution is 0.873. The molecule has 4 N–H and O–H groups in total. The summed E-state index contributed by atoms with van der Waals surface area (Å²) in [4.78, 5) is 14.4. The molecule has 2 aliphatic heterocycles. The van der Waals surface area contributed by atoms with Crippen molar-refractivity contribution in [3.63, 3.8) is 0 Å². The average Bonchev–Trinajstić information content (AvgIpc) is 2.22. The number of rotatable bonds is 0.